The Morgan fingerprint density at radius 3 is 3.00 bits per heavy atom. The molecule has 1 atom stereocenters. The van der Waals surface area contributed by atoms with Gasteiger partial charge in [0.1, 0.15) is 12.2 Å². The molecule has 0 amide bonds. The number of halogens is 2. The van der Waals surface area contributed by atoms with Crippen LogP contribution in [0.25, 0.3) is 0 Å². The second kappa shape index (κ2) is 6.67. The van der Waals surface area contributed by atoms with Crippen LogP contribution in [0.4, 0.5) is 0 Å². The Hall–Kier alpha value is -0.660. The Balaban J connectivity index is 2.18. The summed E-state index contributed by atoms with van der Waals surface area (Å²) in [4.78, 5) is 4.21. The number of hydrogen-bond acceptors (Lipinski definition) is 3. The molecular weight excluding hydrogens is 377 g/mol. The standard InChI is InChI=1S/C13H15ClIN3O/c1-2-5-18-13(16-8-17-18)7-12(19)10-6-9(14)3-4-11(10)15/h3-4,6,8,12,19H,2,5,7H2,1H3. The summed E-state index contributed by atoms with van der Waals surface area (Å²) >= 11 is 8.17. The van der Waals surface area contributed by atoms with E-state index in [0.717, 1.165) is 27.9 Å². The van der Waals surface area contributed by atoms with Crippen molar-refractivity contribution in [1.29, 1.82) is 0 Å². The van der Waals surface area contributed by atoms with Gasteiger partial charge in [0, 0.05) is 21.6 Å². The number of hydrogen-bond donors (Lipinski definition) is 1. The van der Waals surface area contributed by atoms with Crippen LogP contribution in [0.15, 0.2) is 24.5 Å². The maximum atomic E-state index is 10.3. The van der Waals surface area contributed by atoms with Gasteiger partial charge in [0.05, 0.1) is 6.10 Å². The smallest absolute Gasteiger partial charge is 0.138 e. The van der Waals surface area contributed by atoms with Crippen molar-refractivity contribution in [3.63, 3.8) is 0 Å². The first-order valence-corrected chi connectivity index (χ1v) is 7.57. The summed E-state index contributed by atoms with van der Waals surface area (Å²) in [7, 11) is 0. The van der Waals surface area contributed by atoms with E-state index in [0.29, 0.717) is 11.4 Å². The summed E-state index contributed by atoms with van der Waals surface area (Å²) in [6.07, 6.45) is 2.34. The van der Waals surface area contributed by atoms with Gasteiger partial charge in [-0.3, -0.25) is 4.68 Å². The highest BCUT2D eigenvalue weighted by atomic mass is 127. The van der Waals surface area contributed by atoms with Gasteiger partial charge in [-0.15, -0.1) is 0 Å². The molecule has 4 nitrogen and oxygen atoms in total. The van der Waals surface area contributed by atoms with Crippen LogP contribution < -0.4 is 0 Å². The fraction of sp³-hybridized carbons (Fsp3) is 0.385. The maximum Gasteiger partial charge on any atom is 0.138 e. The van der Waals surface area contributed by atoms with E-state index in [9.17, 15) is 5.11 Å². The second-order valence-electron chi connectivity index (χ2n) is 4.29. The zero-order valence-corrected chi connectivity index (χ0v) is 13.5. The lowest BCUT2D eigenvalue weighted by Gasteiger charge is -2.13. The second-order valence-corrected chi connectivity index (χ2v) is 5.88. The van der Waals surface area contributed by atoms with Crippen LogP contribution in [0.5, 0.6) is 0 Å². The van der Waals surface area contributed by atoms with Crippen LogP contribution in [0, 0.1) is 3.57 Å². The topological polar surface area (TPSA) is 50.9 Å². The van der Waals surface area contributed by atoms with Gasteiger partial charge in [0.25, 0.3) is 0 Å². The molecule has 6 heteroatoms. The summed E-state index contributed by atoms with van der Waals surface area (Å²) < 4.78 is 2.83. The minimum atomic E-state index is -0.620. The molecule has 0 aliphatic carbocycles. The Morgan fingerprint density at radius 1 is 1.47 bits per heavy atom. The molecule has 1 heterocycles. The van der Waals surface area contributed by atoms with Gasteiger partial charge in [0.2, 0.25) is 0 Å². The van der Waals surface area contributed by atoms with Crippen LogP contribution >= 0.6 is 34.2 Å². The minimum Gasteiger partial charge on any atom is -0.388 e. The lowest BCUT2D eigenvalue weighted by molar-refractivity contribution is 0.173. The fourth-order valence-electron chi connectivity index (χ4n) is 1.90. The molecule has 2 aromatic rings. The monoisotopic (exact) mass is 391 g/mol. The van der Waals surface area contributed by atoms with E-state index in [4.69, 9.17) is 11.6 Å². The predicted molar refractivity (Wildman–Crippen MR) is 83.1 cm³/mol. The van der Waals surface area contributed by atoms with Crippen LogP contribution in [-0.2, 0) is 13.0 Å². The van der Waals surface area contributed by atoms with Crippen molar-refractivity contribution in [2.45, 2.75) is 32.4 Å². The third kappa shape index (κ3) is 3.67. The van der Waals surface area contributed by atoms with Crippen LogP contribution in [0.1, 0.15) is 30.8 Å². The average molecular weight is 392 g/mol. The van der Waals surface area contributed by atoms with Crippen molar-refractivity contribution < 1.29 is 5.11 Å². The lowest BCUT2D eigenvalue weighted by atomic mass is 10.1. The molecule has 0 saturated heterocycles. The third-order valence-electron chi connectivity index (χ3n) is 2.82. The van der Waals surface area contributed by atoms with Crippen molar-refractivity contribution in [2.75, 3.05) is 0 Å². The zero-order valence-electron chi connectivity index (χ0n) is 10.6. The van der Waals surface area contributed by atoms with Crippen LogP contribution in [-0.4, -0.2) is 19.9 Å². The van der Waals surface area contributed by atoms with Gasteiger partial charge in [-0.1, -0.05) is 18.5 Å². The molecule has 1 N–H and O–H groups in total. The predicted octanol–water partition coefficient (Wildman–Crippen LogP) is 3.22. The molecule has 0 aliphatic rings. The Morgan fingerprint density at radius 2 is 2.26 bits per heavy atom. The highest BCUT2D eigenvalue weighted by Gasteiger charge is 2.16. The van der Waals surface area contributed by atoms with Gasteiger partial charge in [-0.2, -0.15) is 5.10 Å². The number of aliphatic hydroxyl groups is 1. The summed E-state index contributed by atoms with van der Waals surface area (Å²) in [6, 6.07) is 5.52. The number of nitrogens with zero attached hydrogens (tertiary/aromatic N) is 3. The Labute approximate surface area is 130 Å². The zero-order chi connectivity index (χ0) is 13.8. The summed E-state index contributed by atoms with van der Waals surface area (Å²) in [5.74, 6) is 0.796. The first kappa shape index (κ1) is 14.7. The molecule has 0 fully saturated rings. The molecular formula is C13H15ClIN3O. The minimum absolute atomic E-state index is 0.441. The molecule has 0 bridgehead atoms. The van der Waals surface area contributed by atoms with Crippen molar-refractivity contribution in [3.8, 4) is 0 Å². The molecule has 2 rings (SSSR count). The molecule has 0 spiro atoms. The van der Waals surface area contributed by atoms with E-state index < -0.39 is 6.10 Å². The highest BCUT2D eigenvalue weighted by Crippen LogP contribution is 2.25. The normalized spacial score (nSPS) is 12.6. The summed E-state index contributed by atoms with van der Waals surface area (Å²) in [6.45, 7) is 2.90. The van der Waals surface area contributed by atoms with Crippen LogP contribution in [0.2, 0.25) is 5.02 Å². The SMILES string of the molecule is CCCn1ncnc1CC(O)c1cc(Cl)ccc1I. The van der Waals surface area contributed by atoms with Crippen molar-refractivity contribution in [1.82, 2.24) is 14.8 Å². The van der Waals surface area contributed by atoms with Crippen molar-refractivity contribution >= 4 is 34.2 Å². The van der Waals surface area contributed by atoms with Gasteiger partial charge < -0.3 is 5.11 Å². The molecule has 1 aromatic heterocycles. The molecule has 19 heavy (non-hydrogen) atoms. The number of aliphatic hydroxyl groups excluding tert-OH is 1. The average Bonchev–Trinajstić information content (AvgIpc) is 2.80. The molecule has 0 saturated carbocycles. The fourth-order valence-corrected chi connectivity index (χ4v) is 2.77. The van der Waals surface area contributed by atoms with Gasteiger partial charge in [-0.25, -0.2) is 4.98 Å². The number of rotatable bonds is 5. The van der Waals surface area contributed by atoms with Gasteiger partial charge in [0.15, 0.2) is 0 Å². The molecule has 1 unspecified atom stereocenters. The van der Waals surface area contributed by atoms with E-state index in [1.165, 1.54) is 6.33 Å². The number of aryl methyl sites for hydroxylation is 1. The molecule has 0 radical (unpaired) electrons. The highest BCUT2D eigenvalue weighted by molar-refractivity contribution is 14.1. The molecule has 0 aliphatic heterocycles. The van der Waals surface area contributed by atoms with E-state index in [-0.39, 0.29) is 0 Å². The number of benzene rings is 1. The summed E-state index contributed by atoms with van der Waals surface area (Å²) in [5, 5.41) is 15.1. The first-order chi connectivity index (χ1) is 9.11. The van der Waals surface area contributed by atoms with E-state index in [1.54, 1.807) is 6.07 Å². The largest absolute Gasteiger partial charge is 0.388 e. The molecule has 102 valence electrons. The van der Waals surface area contributed by atoms with E-state index in [1.807, 2.05) is 16.8 Å². The van der Waals surface area contributed by atoms with Gasteiger partial charge in [-0.05, 0) is 52.8 Å². The van der Waals surface area contributed by atoms with E-state index in [2.05, 4.69) is 39.6 Å². The third-order valence-corrected chi connectivity index (χ3v) is 4.04. The first-order valence-electron chi connectivity index (χ1n) is 6.11. The lowest BCUT2D eigenvalue weighted by Crippen LogP contribution is -2.11. The quantitative estimate of drug-likeness (QED) is 0.796. The summed E-state index contributed by atoms with van der Waals surface area (Å²) in [5.41, 5.74) is 0.833. The van der Waals surface area contributed by atoms with Crippen LogP contribution in [0.3, 0.4) is 0 Å². The molecule has 1 aromatic carbocycles. The van der Waals surface area contributed by atoms with Gasteiger partial charge >= 0.3 is 0 Å². The number of aromatic nitrogens is 3. The maximum absolute atomic E-state index is 10.3. The van der Waals surface area contributed by atoms with Crippen molar-refractivity contribution in [3.05, 3.63) is 44.5 Å². The van der Waals surface area contributed by atoms with E-state index >= 15 is 0 Å². The Bertz CT molecular complexity index is 559. The Kier molecular flexibility index (Phi) is 5.18. The van der Waals surface area contributed by atoms with Crippen molar-refractivity contribution in [2.24, 2.45) is 0 Å².